The predicted octanol–water partition coefficient (Wildman–Crippen LogP) is 1.18. The first kappa shape index (κ1) is 13.4. The molecule has 2 nitrogen and oxygen atoms in total. The number of rotatable bonds is 4. The monoisotopic (exact) mass is 164 g/mol. The van der Waals surface area contributed by atoms with Gasteiger partial charge in [0.1, 0.15) is 0 Å². The molecule has 0 fully saturated rings. The summed E-state index contributed by atoms with van der Waals surface area (Å²) in [6.45, 7) is 7.62. The highest BCUT2D eigenvalue weighted by atomic mass is 19.1. The lowest BCUT2D eigenvalue weighted by Gasteiger charge is -2.05. The van der Waals surface area contributed by atoms with E-state index in [0.717, 1.165) is 13.1 Å². The molecule has 0 rings (SSSR count). The van der Waals surface area contributed by atoms with Gasteiger partial charge in [-0.1, -0.05) is 13.8 Å². The van der Waals surface area contributed by atoms with E-state index in [2.05, 4.69) is 24.5 Å². The molecule has 0 unspecified atom stereocenters. The Balaban J connectivity index is 0. The van der Waals surface area contributed by atoms with Crippen molar-refractivity contribution in [2.45, 2.75) is 26.8 Å². The molecule has 0 spiro atoms. The summed E-state index contributed by atoms with van der Waals surface area (Å²) in [4.78, 5) is 0. The Morgan fingerprint density at radius 3 is 2.00 bits per heavy atom. The van der Waals surface area contributed by atoms with Crippen LogP contribution < -0.4 is 10.6 Å². The van der Waals surface area contributed by atoms with Crippen LogP contribution in [0.5, 0.6) is 0 Å². The van der Waals surface area contributed by atoms with Crippen LogP contribution in [0.15, 0.2) is 0 Å². The highest BCUT2D eigenvalue weighted by molar-refractivity contribution is 4.52. The Labute approximate surface area is 69.6 Å². The average molecular weight is 164 g/mol. The van der Waals surface area contributed by atoms with E-state index >= 15 is 0 Å². The summed E-state index contributed by atoms with van der Waals surface area (Å²) in [5.74, 6) is 0. The number of hydrogen-bond donors (Lipinski definition) is 2. The summed E-state index contributed by atoms with van der Waals surface area (Å²) < 4.78 is 10.3. The Kier molecular flexibility index (Phi) is 15.3. The molecule has 11 heavy (non-hydrogen) atoms. The highest BCUT2D eigenvalue weighted by Crippen LogP contribution is 1.71. The van der Waals surface area contributed by atoms with Crippen LogP contribution >= 0.6 is 0 Å². The van der Waals surface area contributed by atoms with Crippen LogP contribution in [0, 0.1) is 0 Å². The maximum absolute atomic E-state index is 10.3. The molecule has 0 radical (unpaired) electrons. The molecule has 0 aromatic carbocycles. The minimum atomic E-state index is -0.250. The summed E-state index contributed by atoms with van der Waals surface area (Å²) >= 11 is 0. The third kappa shape index (κ3) is 25.8. The smallest absolute Gasteiger partial charge is 0.0866 e. The van der Waals surface area contributed by atoms with Crippen LogP contribution in [-0.4, -0.2) is 32.9 Å². The topological polar surface area (TPSA) is 24.1 Å². The minimum absolute atomic E-state index is 0.250. The number of halogens is 1. The number of alkyl halides is 1. The maximum Gasteiger partial charge on any atom is 0.0866 e. The molecule has 70 valence electrons. The van der Waals surface area contributed by atoms with Crippen molar-refractivity contribution >= 4 is 0 Å². The molecule has 0 saturated carbocycles. The maximum atomic E-state index is 10.3. The number of nitrogens with one attached hydrogen (secondary N) is 2. The normalized spacial score (nSPS) is 9.27. The second kappa shape index (κ2) is 12.5. The van der Waals surface area contributed by atoms with E-state index in [-0.39, 0.29) is 6.67 Å². The van der Waals surface area contributed by atoms with E-state index in [4.69, 9.17) is 0 Å². The predicted molar refractivity (Wildman–Crippen MR) is 48.7 cm³/mol. The van der Waals surface area contributed by atoms with E-state index in [1.54, 1.807) is 0 Å². The van der Waals surface area contributed by atoms with Crippen LogP contribution in [0.3, 0.4) is 0 Å². The molecular formula is C8H21FN2. The van der Waals surface area contributed by atoms with Crippen LogP contribution in [0.4, 0.5) is 4.39 Å². The molecule has 0 aliphatic heterocycles. The second-order valence-electron chi connectivity index (χ2n) is 2.48. The Hall–Kier alpha value is -0.150. The van der Waals surface area contributed by atoms with Crippen molar-refractivity contribution < 1.29 is 4.39 Å². The van der Waals surface area contributed by atoms with Crippen molar-refractivity contribution in [1.29, 1.82) is 0 Å². The highest BCUT2D eigenvalue weighted by Gasteiger charge is 1.87. The molecular weight excluding hydrogens is 143 g/mol. The van der Waals surface area contributed by atoms with E-state index in [0.29, 0.717) is 6.04 Å². The Morgan fingerprint density at radius 2 is 1.73 bits per heavy atom. The van der Waals surface area contributed by atoms with Gasteiger partial charge in [0.2, 0.25) is 0 Å². The van der Waals surface area contributed by atoms with E-state index in [1.165, 1.54) is 6.92 Å². The largest absolute Gasteiger partial charge is 0.318 e. The third-order valence-electron chi connectivity index (χ3n) is 0.928. The van der Waals surface area contributed by atoms with Gasteiger partial charge in [0.15, 0.2) is 0 Å². The standard InChI is InChI=1S/C6H16N2.C2H5F/c1-6(2)8-5-4-7-3;1-2-3/h6-8H,4-5H2,1-3H3;2H2,1H3. The van der Waals surface area contributed by atoms with Gasteiger partial charge in [-0.3, -0.25) is 4.39 Å². The van der Waals surface area contributed by atoms with Crippen molar-refractivity contribution in [3.63, 3.8) is 0 Å². The van der Waals surface area contributed by atoms with E-state index in [1.807, 2.05) is 7.05 Å². The fourth-order valence-corrected chi connectivity index (χ4v) is 0.486. The molecule has 0 amide bonds. The summed E-state index contributed by atoms with van der Waals surface area (Å²) in [6, 6.07) is 0.614. The SMILES string of the molecule is CCF.CNCCNC(C)C. The zero-order valence-electron chi connectivity index (χ0n) is 8.08. The molecule has 0 aliphatic rings. The van der Waals surface area contributed by atoms with Crippen LogP contribution in [-0.2, 0) is 0 Å². The summed E-state index contributed by atoms with van der Waals surface area (Å²) in [7, 11) is 1.96. The van der Waals surface area contributed by atoms with Gasteiger partial charge < -0.3 is 10.6 Å². The average Bonchev–Trinajstić information content (AvgIpc) is 1.89. The molecule has 0 aromatic heterocycles. The summed E-state index contributed by atoms with van der Waals surface area (Å²) in [6.07, 6.45) is 0. The van der Waals surface area contributed by atoms with Gasteiger partial charge in [-0.25, -0.2) is 0 Å². The summed E-state index contributed by atoms with van der Waals surface area (Å²) in [5, 5.41) is 6.34. The first-order valence-electron chi connectivity index (χ1n) is 4.12. The van der Waals surface area contributed by atoms with Crippen molar-refractivity contribution in [2.75, 3.05) is 26.8 Å². The van der Waals surface area contributed by atoms with Crippen molar-refractivity contribution in [2.24, 2.45) is 0 Å². The van der Waals surface area contributed by atoms with Crippen molar-refractivity contribution in [1.82, 2.24) is 10.6 Å². The van der Waals surface area contributed by atoms with Crippen LogP contribution in [0.1, 0.15) is 20.8 Å². The lowest BCUT2D eigenvalue weighted by Crippen LogP contribution is -2.29. The van der Waals surface area contributed by atoms with E-state index in [9.17, 15) is 4.39 Å². The molecule has 0 aliphatic carbocycles. The lowest BCUT2D eigenvalue weighted by molar-refractivity contribution is 0.527. The second-order valence-corrected chi connectivity index (χ2v) is 2.48. The Morgan fingerprint density at radius 1 is 1.27 bits per heavy atom. The number of likely N-dealkylation sites (N-methyl/N-ethyl adjacent to an activating group) is 1. The van der Waals surface area contributed by atoms with Gasteiger partial charge in [0.05, 0.1) is 6.67 Å². The van der Waals surface area contributed by atoms with Crippen LogP contribution in [0.2, 0.25) is 0 Å². The molecule has 0 aromatic rings. The Bertz CT molecular complexity index is 58.1. The first-order valence-corrected chi connectivity index (χ1v) is 4.12. The first-order chi connectivity index (χ1) is 5.18. The van der Waals surface area contributed by atoms with E-state index < -0.39 is 0 Å². The fraction of sp³-hybridized carbons (Fsp3) is 1.00. The van der Waals surface area contributed by atoms with Crippen molar-refractivity contribution in [3.05, 3.63) is 0 Å². The molecule has 0 bridgehead atoms. The van der Waals surface area contributed by atoms with Gasteiger partial charge in [-0.05, 0) is 14.0 Å². The number of hydrogen-bond acceptors (Lipinski definition) is 2. The fourth-order valence-electron chi connectivity index (χ4n) is 0.486. The molecule has 0 heterocycles. The zero-order chi connectivity index (χ0) is 9.11. The quantitative estimate of drug-likeness (QED) is 0.610. The molecule has 3 heteroatoms. The van der Waals surface area contributed by atoms with Gasteiger partial charge in [-0.15, -0.1) is 0 Å². The van der Waals surface area contributed by atoms with Crippen molar-refractivity contribution in [3.8, 4) is 0 Å². The van der Waals surface area contributed by atoms with Gasteiger partial charge in [-0.2, -0.15) is 0 Å². The molecule has 0 atom stereocenters. The van der Waals surface area contributed by atoms with Crippen LogP contribution in [0.25, 0.3) is 0 Å². The molecule has 2 N–H and O–H groups in total. The van der Waals surface area contributed by atoms with Gasteiger partial charge in [0, 0.05) is 19.1 Å². The molecule has 0 saturated heterocycles. The summed E-state index contributed by atoms with van der Waals surface area (Å²) in [5.41, 5.74) is 0. The third-order valence-corrected chi connectivity index (χ3v) is 0.928. The van der Waals surface area contributed by atoms with Gasteiger partial charge in [0.25, 0.3) is 0 Å². The minimum Gasteiger partial charge on any atom is -0.318 e. The zero-order valence-corrected chi connectivity index (χ0v) is 8.08. The van der Waals surface area contributed by atoms with Gasteiger partial charge >= 0.3 is 0 Å². The lowest BCUT2D eigenvalue weighted by atomic mass is 10.4.